The fourth-order valence-corrected chi connectivity index (χ4v) is 1.46. The van der Waals surface area contributed by atoms with Crippen molar-refractivity contribution in [2.24, 2.45) is 5.73 Å². The molecule has 1 aromatic rings. The third-order valence-electron chi connectivity index (χ3n) is 2.57. The number of primary amides is 1. The van der Waals surface area contributed by atoms with Gasteiger partial charge in [-0.25, -0.2) is 9.59 Å². The molecule has 1 aromatic heterocycles. The average molecular weight is 280 g/mol. The molecule has 0 fully saturated rings. The van der Waals surface area contributed by atoms with E-state index in [0.29, 0.717) is 5.69 Å². The van der Waals surface area contributed by atoms with Crippen LogP contribution >= 0.6 is 0 Å². The lowest BCUT2D eigenvalue weighted by Gasteiger charge is -2.15. The number of pyridine rings is 1. The number of aromatic nitrogens is 1. The SMILES string of the molecule is Cc1ccncc1NC(=O)N[C@@H](CCC(N)=O)C(=O)O. The molecule has 0 radical (unpaired) electrons. The summed E-state index contributed by atoms with van der Waals surface area (Å²) in [5, 5.41) is 13.7. The normalized spacial score (nSPS) is 11.4. The van der Waals surface area contributed by atoms with Crippen LogP contribution in [0.3, 0.4) is 0 Å². The van der Waals surface area contributed by atoms with E-state index in [0.717, 1.165) is 5.56 Å². The molecule has 1 rings (SSSR count). The van der Waals surface area contributed by atoms with Gasteiger partial charge in [0.25, 0.3) is 0 Å². The van der Waals surface area contributed by atoms with E-state index in [1.807, 2.05) is 0 Å². The summed E-state index contributed by atoms with van der Waals surface area (Å²) in [6, 6.07) is -0.158. The highest BCUT2D eigenvalue weighted by Crippen LogP contribution is 2.11. The van der Waals surface area contributed by atoms with Crippen molar-refractivity contribution in [3.63, 3.8) is 0 Å². The maximum atomic E-state index is 11.7. The average Bonchev–Trinajstić information content (AvgIpc) is 2.36. The summed E-state index contributed by atoms with van der Waals surface area (Å²) >= 11 is 0. The minimum absolute atomic E-state index is 0.0654. The number of aryl methyl sites for hydroxylation is 1. The highest BCUT2D eigenvalue weighted by atomic mass is 16.4. The number of amides is 3. The molecule has 3 amide bonds. The zero-order valence-corrected chi connectivity index (χ0v) is 10.9. The molecule has 0 aromatic carbocycles. The Morgan fingerprint density at radius 1 is 1.45 bits per heavy atom. The maximum absolute atomic E-state index is 11.7. The molecule has 0 aliphatic rings. The Morgan fingerprint density at radius 3 is 2.70 bits per heavy atom. The second-order valence-electron chi connectivity index (χ2n) is 4.18. The van der Waals surface area contributed by atoms with E-state index >= 15 is 0 Å². The van der Waals surface area contributed by atoms with Crippen LogP contribution in [0.5, 0.6) is 0 Å². The molecule has 1 heterocycles. The van der Waals surface area contributed by atoms with Crippen molar-refractivity contribution in [3.8, 4) is 0 Å². The van der Waals surface area contributed by atoms with Crippen LogP contribution in [-0.4, -0.2) is 34.0 Å². The molecule has 20 heavy (non-hydrogen) atoms. The molecular formula is C12H16N4O4. The Morgan fingerprint density at radius 2 is 2.15 bits per heavy atom. The summed E-state index contributed by atoms with van der Waals surface area (Å²) in [5.41, 5.74) is 6.21. The van der Waals surface area contributed by atoms with Crippen molar-refractivity contribution in [2.45, 2.75) is 25.8 Å². The number of nitrogens with zero attached hydrogens (tertiary/aromatic N) is 1. The van der Waals surface area contributed by atoms with Crippen LogP contribution in [0.2, 0.25) is 0 Å². The van der Waals surface area contributed by atoms with Crippen LogP contribution < -0.4 is 16.4 Å². The second-order valence-corrected chi connectivity index (χ2v) is 4.18. The number of nitrogens with one attached hydrogen (secondary N) is 2. The highest BCUT2D eigenvalue weighted by molar-refractivity contribution is 5.92. The van der Waals surface area contributed by atoms with E-state index in [-0.39, 0.29) is 12.8 Å². The Balaban J connectivity index is 2.60. The Labute approximate surface area is 115 Å². The van der Waals surface area contributed by atoms with Crippen LogP contribution in [0.15, 0.2) is 18.5 Å². The number of hydrogen-bond donors (Lipinski definition) is 4. The number of hydrogen-bond acceptors (Lipinski definition) is 4. The lowest BCUT2D eigenvalue weighted by molar-refractivity contribution is -0.139. The number of anilines is 1. The molecule has 5 N–H and O–H groups in total. The minimum atomic E-state index is -1.23. The Bertz CT molecular complexity index is 518. The summed E-state index contributed by atoms with van der Waals surface area (Å²) in [4.78, 5) is 37.1. The first-order valence-electron chi connectivity index (χ1n) is 5.89. The van der Waals surface area contributed by atoms with E-state index in [2.05, 4.69) is 15.6 Å². The summed E-state index contributed by atoms with van der Waals surface area (Å²) in [7, 11) is 0. The maximum Gasteiger partial charge on any atom is 0.326 e. The molecule has 0 saturated heterocycles. The third-order valence-corrected chi connectivity index (χ3v) is 2.57. The molecule has 1 atom stereocenters. The van der Waals surface area contributed by atoms with Gasteiger partial charge in [0.2, 0.25) is 5.91 Å². The van der Waals surface area contributed by atoms with Gasteiger partial charge in [-0.05, 0) is 25.0 Å². The van der Waals surface area contributed by atoms with Crippen molar-refractivity contribution in [1.82, 2.24) is 10.3 Å². The van der Waals surface area contributed by atoms with Crippen molar-refractivity contribution in [3.05, 3.63) is 24.0 Å². The topological polar surface area (TPSA) is 134 Å². The fourth-order valence-electron chi connectivity index (χ4n) is 1.46. The molecule has 0 unspecified atom stereocenters. The molecule has 0 spiro atoms. The zero-order chi connectivity index (χ0) is 15.1. The second kappa shape index (κ2) is 7.07. The third kappa shape index (κ3) is 4.92. The van der Waals surface area contributed by atoms with E-state index < -0.39 is 23.9 Å². The Hall–Kier alpha value is -2.64. The van der Waals surface area contributed by atoms with E-state index in [9.17, 15) is 14.4 Å². The van der Waals surface area contributed by atoms with Gasteiger partial charge >= 0.3 is 12.0 Å². The van der Waals surface area contributed by atoms with Crippen LogP contribution in [0.25, 0.3) is 0 Å². The molecule has 0 aliphatic carbocycles. The van der Waals surface area contributed by atoms with E-state index in [4.69, 9.17) is 10.8 Å². The van der Waals surface area contributed by atoms with Crippen molar-refractivity contribution < 1.29 is 19.5 Å². The van der Waals surface area contributed by atoms with Gasteiger partial charge in [-0.2, -0.15) is 0 Å². The number of nitrogens with two attached hydrogens (primary N) is 1. The summed E-state index contributed by atoms with van der Waals surface area (Å²) < 4.78 is 0. The van der Waals surface area contributed by atoms with Gasteiger partial charge in [-0.3, -0.25) is 9.78 Å². The number of carboxylic acids is 1. The molecule has 0 saturated carbocycles. The fraction of sp³-hybridized carbons (Fsp3) is 0.333. The number of rotatable bonds is 6. The van der Waals surface area contributed by atoms with Gasteiger partial charge in [0.1, 0.15) is 6.04 Å². The number of carboxylic acid groups (broad SMARTS) is 1. The van der Waals surface area contributed by atoms with E-state index in [1.54, 1.807) is 19.2 Å². The first-order chi connectivity index (χ1) is 9.40. The Kier molecular flexibility index (Phi) is 5.45. The van der Waals surface area contributed by atoms with E-state index in [1.165, 1.54) is 6.20 Å². The number of carbonyl (C=O) groups is 3. The zero-order valence-electron chi connectivity index (χ0n) is 10.9. The predicted molar refractivity (Wildman–Crippen MR) is 71.0 cm³/mol. The number of aliphatic carboxylic acids is 1. The summed E-state index contributed by atoms with van der Waals surface area (Å²) in [6.07, 6.45) is 2.84. The minimum Gasteiger partial charge on any atom is -0.480 e. The van der Waals surface area contributed by atoms with Gasteiger partial charge in [0.15, 0.2) is 0 Å². The van der Waals surface area contributed by atoms with Gasteiger partial charge in [-0.15, -0.1) is 0 Å². The van der Waals surface area contributed by atoms with Gasteiger partial charge in [0.05, 0.1) is 11.9 Å². The van der Waals surface area contributed by atoms with Crippen LogP contribution in [-0.2, 0) is 9.59 Å². The number of carbonyl (C=O) groups excluding carboxylic acids is 2. The quantitative estimate of drug-likeness (QED) is 0.591. The first kappa shape index (κ1) is 15.4. The molecular weight excluding hydrogens is 264 g/mol. The van der Waals surface area contributed by atoms with Crippen molar-refractivity contribution in [1.29, 1.82) is 0 Å². The van der Waals surface area contributed by atoms with Crippen molar-refractivity contribution >= 4 is 23.6 Å². The lowest BCUT2D eigenvalue weighted by Crippen LogP contribution is -2.43. The van der Waals surface area contributed by atoms with Crippen LogP contribution in [0.4, 0.5) is 10.5 Å². The van der Waals surface area contributed by atoms with Gasteiger partial charge in [0, 0.05) is 12.6 Å². The summed E-state index contributed by atoms with van der Waals surface area (Å²) in [5.74, 6) is -1.86. The highest BCUT2D eigenvalue weighted by Gasteiger charge is 2.20. The van der Waals surface area contributed by atoms with Crippen LogP contribution in [0.1, 0.15) is 18.4 Å². The smallest absolute Gasteiger partial charge is 0.326 e. The predicted octanol–water partition coefficient (Wildman–Crippen LogP) is 0.230. The summed E-state index contributed by atoms with van der Waals surface area (Å²) in [6.45, 7) is 1.78. The monoisotopic (exact) mass is 280 g/mol. The largest absolute Gasteiger partial charge is 0.480 e. The molecule has 8 heteroatoms. The first-order valence-corrected chi connectivity index (χ1v) is 5.89. The lowest BCUT2D eigenvalue weighted by atomic mass is 10.1. The number of urea groups is 1. The standard InChI is InChI=1S/C12H16N4O4/c1-7-4-5-14-6-9(7)16-12(20)15-8(11(18)19)2-3-10(13)17/h4-6,8H,2-3H2,1H3,(H2,13,17)(H,18,19)(H2,15,16,20)/t8-/m0/s1. The van der Waals surface area contributed by atoms with Crippen molar-refractivity contribution in [2.75, 3.05) is 5.32 Å². The molecule has 108 valence electrons. The van der Waals surface area contributed by atoms with Gasteiger partial charge in [-0.1, -0.05) is 0 Å². The van der Waals surface area contributed by atoms with Crippen LogP contribution in [0, 0.1) is 6.92 Å². The molecule has 0 aliphatic heterocycles. The molecule has 0 bridgehead atoms. The van der Waals surface area contributed by atoms with Gasteiger partial charge < -0.3 is 21.5 Å². The molecule has 8 nitrogen and oxygen atoms in total.